The average Bonchev–Trinajstić information content (AvgIpc) is 2.77. The fourth-order valence-corrected chi connectivity index (χ4v) is 2.95. The quantitative estimate of drug-likeness (QED) is 0.449. The van der Waals surface area contributed by atoms with E-state index in [1.54, 1.807) is 7.11 Å². The van der Waals surface area contributed by atoms with Gasteiger partial charge >= 0.3 is 11.3 Å². The van der Waals surface area contributed by atoms with Gasteiger partial charge in [-0.2, -0.15) is 0 Å². The molecule has 0 saturated carbocycles. The molecule has 158 valence electrons. The number of halogens is 1. The Hall–Kier alpha value is -3.26. The normalized spacial score (nSPS) is 11.3. The summed E-state index contributed by atoms with van der Waals surface area (Å²) in [5, 5.41) is 1.09. The summed E-state index contributed by atoms with van der Waals surface area (Å²) < 4.78 is 45.4. The highest BCUT2D eigenvalue weighted by Gasteiger charge is 2.18. The zero-order chi connectivity index (χ0) is 22.3. The monoisotopic (exact) mass is 438 g/mol. The molecule has 4 aromatic rings. The predicted octanol–water partition coefficient (Wildman–Crippen LogP) is 1.80. The maximum atomic E-state index is 8.49. The summed E-state index contributed by atoms with van der Waals surface area (Å²) in [5.74, 6) is 1.69. The molecule has 4 rings (SSSR count). The second-order valence-electron chi connectivity index (χ2n) is 6.41. The van der Waals surface area contributed by atoms with Crippen LogP contribution in [0, 0.1) is 10.2 Å². The van der Waals surface area contributed by atoms with E-state index in [4.69, 9.17) is 27.8 Å². The topological polar surface area (TPSA) is 113 Å². The maximum absolute atomic E-state index is 8.49. The molecule has 0 atom stereocenters. The number of hydrogen-bond donors (Lipinski definition) is 0. The first-order valence-electron chi connectivity index (χ1n) is 9.19. The first kappa shape index (κ1) is 22.4. The van der Waals surface area contributed by atoms with Crippen LogP contribution in [0.15, 0.2) is 89.3 Å². The molecule has 0 bridgehead atoms. The second kappa shape index (κ2) is 10.2. The van der Waals surface area contributed by atoms with Crippen molar-refractivity contribution in [2.45, 2.75) is 0 Å². The molecule has 0 unspecified atom stereocenters. The number of rotatable bonds is 4. The second-order valence-corrected chi connectivity index (χ2v) is 7.17. The highest BCUT2D eigenvalue weighted by molar-refractivity contribution is 5.87. The SMILES string of the molecule is COc1ccc(C=Cc2[o+]c3ccccc3cc2-c2ccccc2)cc1.[O-][Cl+3]([O-])([O-])[O-]. The van der Waals surface area contributed by atoms with Crippen LogP contribution in [0.4, 0.5) is 0 Å². The van der Waals surface area contributed by atoms with Crippen LogP contribution in [0.1, 0.15) is 11.3 Å². The average molecular weight is 439 g/mol. The van der Waals surface area contributed by atoms with E-state index in [2.05, 4.69) is 30.3 Å². The number of methoxy groups -OCH3 is 1. The number of benzene rings is 3. The minimum atomic E-state index is -4.94. The first-order valence-corrected chi connectivity index (χ1v) is 10.4. The lowest BCUT2D eigenvalue weighted by Gasteiger charge is -2.17. The molecule has 0 aliphatic carbocycles. The van der Waals surface area contributed by atoms with Crippen LogP contribution < -0.4 is 23.4 Å². The standard InChI is InChI=1S/C24H19O2.ClHO4/c1-25-21-14-11-18(12-15-21)13-16-24-22(19-7-3-2-4-8-19)17-20-9-5-6-10-23(20)26-24;2-1(3,4)5/h2-17H,1H3;(H,2,3,4,5)/q+1;/p-1. The van der Waals surface area contributed by atoms with Crippen LogP contribution >= 0.6 is 0 Å². The Morgan fingerprint density at radius 3 is 2.03 bits per heavy atom. The summed E-state index contributed by atoms with van der Waals surface area (Å²) in [5.41, 5.74) is 4.18. The molecule has 6 nitrogen and oxygen atoms in total. The summed E-state index contributed by atoms with van der Waals surface area (Å²) in [6, 6.07) is 28.5. The lowest BCUT2D eigenvalue weighted by Crippen LogP contribution is -2.68. The molecule has 3 aromatic carbocycles. The number of fused-ring (bicyclic) bond motifs is 1. The minimum Gasteiger partial charge on any atom is -0.497 e. The molecule has 0 aliphatic heterocycles. The van der Waals surface area contributed by atoms with Crippen molar-refractivity contribution in [1.29, 1.82) is 0 Å². The van der Waals surface area contributed by atoms with Gasteiger partial charge in [0.1, 0.15) is 5.75 Å². The first-order chi connectivity index (χ1) is 14.8. The maximum Gasteiger partial charge on any atom is 0.361 e. The van der Waals surface area contributed by atoms with Crippen molar-refractivity contribution in [2.75, 3.05) is 7.11 Å². The van der Waals surface area contributed by atoms with Gasteiger partial charge in [0.2, 0.25) is 0 Å². The van der Waals surface area contributed by atoms with Crippen molar-refractivity contribution >= 4 is 23.1 Å². The molecule has 0 saturated heterocycles. The highest BCUT2D eigenvalue weighted by Crippen LogP contribution is 2.30. The summed E-state index contributed by atoms with van der Waals surface area (Å²) >= 11 is 0. The molecule has 7 heteroatoms. The fraction of sp³-hybridized carbons (Fsp3) is 0.0417. The molecule has 0 N–H and O–H groups in total. The Morgan fingerprint density at radius 2 is 1.39 bits per heavy atom. The Morgan fingerprint density at radius 1 is 0.774 bits per heavy atom. The Balaban J connectivity index is 0.000000491. The summed E-state index contributed by atoms with van der Waals surface area (Å²) in [7, 11) is -3.27. The van der Waals surface area contributed by atoms with Gasteiger partial charge in [0, 0.05) is 12.1 Å². The Labute approximate surface area is 181 Å². The van der Waals surface area contributed by atoms with E-state index >= 15 is 0 Å². The summed E-state index contributed by atoms with van der Waals surface area (Å²) in [6.07, 6.45) is 4.08. The van der Waals surface area contributed by atoms with Crippen LogP contribution in [0.25, 0.3) is 34.2 Å². The van der Waals surface area contributed by atoms with Crippen LogP contribution in [0.3, 0.4) is 0 Å². The zero-order valence-corrected chi connectivity index (χ0v) is 17.3. The lowest BCUT2D eigenvalue weighted by atomic mass is 10.0. The highest BCUT2D eigenvalue weighted by atomic mass is 35.7. The molecule has 31 heavy (non-hydrogen) atoms. The molecular weight excluding hydrogens is 420 g/mol. The Bertz CT molecular complexity index is 1150. The summed E-state index contributed by atoms with van der Waals surface area (Å²) in [6.45, 7) is 0. The van der Waals surface area contributed by atoms with Gasteiger partial charge in [-0.05, 0) is 41.5 Å². The van der Waals surface area contributed by atoms with Gasteiger partial charge in [-0.1, -0.05) is 54.6 Å². The predicted molar refractivity (Wildman–Crippen MR) is 108 cm³/mol. The van der Waals surface area contributed by atoms with E-state index in [1.807, 2.05) is 66.7 Å². The minimum absolute atomic E-state index is 0.839. The van der Waals surface area contributed by atoms with Crippen molar-refractivity contribution in [1.82, 2.24) is 0 Å². The lowest BCUT2D eigenvalue weighted by molar-refractivity contribution is -2.00. The van der Waals surface area contributed by atoms with Crippen LogP contribution in [-0.2, 0) is 0 Å². The van der Waals surface area contributed by atoms with E-state index in [1.165, 1.54) is 0 Å². The van der Waals surface area contributed by atoms with Crippen LogP contribution in [0.5, 0.6) is 5.75 Å². The van der Waals surface area contributed by atoms with Gasteiger partial charge < -0.3 is 4.74 Å². The third kappa shape index (κ3) is 6.89. The van der Waals surface area contributed by atoms with Crippen molar-refractivity contribution in [2.24, 2.45) is 0 Å². The number of hydrogen-bond acceptors (Lipinski definition) is 5. The van der Waals surface area contributed by atoms with Crippen LogP contribution in [-0.4, -0.2) is 7.11 Å². The van der Waals surface area contributed by atoms with Gasteiger partial charge in [-0.15, -0.1) is 10.2 Å². The molecule has 1 aromatic heterocycles. The fourth-order valence-electron chi connectivity index (χ4n) is 2.95. The number of para-hydroxylation sites is 1. The molecule has 0 radical (unpaired) electrons. The van der Waals surface area contributed by atoms with Crippen molar-refractivity contribution in [3.05, 3.63) is 96.3 Å². The molecule has 0 fully saturated rings. The van der Waals surface area contributed by atoms with Gasteiger partial charge in [-0.3, -0.25) is 0 Å². The molecule has 1 heterocycles. The smallest absolute Gasteiger partial charge is 0.361 e. The van der Waals surface area contributed by atoms with E-state index in [0.29, 0.717) is 0 Å². The van der Waals surface area contributed by atoms with Gasteiger partial charge in [0.15, 0.2) is 0 Å². The van der Waals surface area contributed by atoms with E-state index < -0.39 is 10.2 Å². The van der Waals surface area contributed by atoms with Gasteiger partial charge in [0.25, 0.3) is 0 Å². The van der Waals surface area contributed by atoms with E-state index in [9.17, 15) is 0 Å². The molecule has 0 spiro atoms. The largest absolute Gasteiger partial charge is 0.497 e. The number of ether oxygens (including phenoxy) is 1. The molecule has 0 amide bonds. The molecular formula is C24H19ClO6. The van der Waals surface area contributed by atoms with Gasteiger partial charge in [-0.25, -0.2) is 23.1 Å². The Kier molecular flexibility index (Phi) is 7.36. The third-order valence-electron chi connectivity index (χ3n) is 4.33. The zero-order valence-electron chi connectivity index (χ0n) is 16.6. The molecule has 0 aliphatic rings. The van der Waals surface area contributed by atoms with E-state index in [0.717, 1.165) is 39.2 Å². The van der Waals surface area contributed by atoms with Crippen molar-refractivity contribution in [3.63, 3.8) is 0 Å². The van der Waals surface area contributed by atoms with Gasteiger partial charge in [0.05, 0.1) is 18.1 Å². The van der Waals surface area contributed by atoms with Crippen molar-refractivity contribution < 1.29 is 38.0 Å². The van der Waals surface area contributed by atoms with Crippen LogP contribution in [0.2, 0.25) is 0 Å². The third-order valence-corrected chi connectivity index (χ3v) is 4.33. The summed E-state index contributed by atoms with van der Waals surface area (Å²) in [4.78, 5) is 0. The van der Waals surface area contributed by atoms with E-state index in [-0.39, 0.29) is 0 Å². The van der Waals surface area contributed by atoms with Crippen molar-refractivity contribution in [3.8, 4) is 16.9 Å².